The number of ether oxygens (including phenoxy) is 3. The zero-order valence-electron chi connectivity index (χ0n) is 13.4. The van der Waals surface area contributed by atoms with E-state index in [1.807, 2.05) is 12.1 Å². The number of rotatable bonds is 7. The van der Waals surface area contributed by atoms with Gasteiger partial charge in [-0.25, -0.2) is 0 Å². The number of methoxy groups -OCH3 is 1. The molecule has 2 rings (SSSR count). The Morgan fingerprint density at radius 2 is 2.00 bits per heavy atom. The molecule has 0 bridgehead atoms. The van der Waals surface area contributed by atoms with Gasteiger partial charge in [-0.3, -0.25) is 4.90 Å². The van der Waals surface area contributed by atoms with Gasteiger partial charge >= 0.3 is 0 Å². The van der Waals surface area contributed by atoms with Crippen LogP contribution in [0, 0.1) is 0 Å². The van der Waals surface area contributed by atoms with Gasteiger partial charge in [0.15, 0.2) is 11.5 Å². The van der Waals surface area contributed by atoms with E-state index < -0.39 is 0 Å². The predicted octanol–water partition coefficient (Wildman–Crippen LogP) is 2.54. The standard InChI is InChI=1S/C16H26N2O3/c1-5-12(6-2)18(3)13(9-17)11-7-14(19-4)16-15(8-11)20-10-21-16/h7-8,12-13H,5-6,9-10,17H2,1-4H3. The summed E-state index contributed by atoms with van der Waals surface area (Å²) in [6.07, 6.45) is 2.20. The van der Waals surface area contributed by atoms with Crippen LogP contribution < -0.4 is 19.9 Å². The fourth-order valence-electron chi connectivity index (χ4n) is 3.00. The number of hydrogen-bond donors (Lipinski definition) is 1. The molecule has 1 heterocycles. The Bertz CT molecular complexity index is 475. The van der Waals surface area contributed by atoms with E-state index in [0.29, 0.717) is 24.1 Å². The zero-order valence-corrected chi connectivity index (χ0v) is 13.4. The van der Waals surface area contributed by atoms with Crippen LogP contribution >= 0.6 is 0 Å². The van der Waals surface area contributed by atoms with E-state index in [9.17, 15) is 0 Å². The van der Waals surface area contributed by atoms with Crippen molar-refractivity contribution in [3.63, 3.8) is 0 Å². The van der Waals surface area contributed by atoms with Crippen molar-refractivity contribution in [2.24, 2.45) is 5.73 Å². The Morgan fingerprint density at radius 3 is 2.57 bits per heavy atom. The van der Waals surface area contributed by atoms with Gasteiger partial charge in [0.25, 0.3) is 0 Å². The highest BCUT2D eigenvalue weighted by Gasteiger charge is 2.26. The van der Waals surface area contributed by atoms with Crippen molar-refractivity contribution in [3.05, 3.63) is 17.7 Å². The van der Waals surface area contributed by atoms with Crippen molar-refractivity contribution in [2.45, 2.75) is 38.8 Å². The van der Waals surface area contributed by atoms with Gasteiger partial charge in [0, 0.05) is 18.6 Å². The maximum absolute atomic E-state index is 6.04. The molecule has 0 spiro atoms. The highest BCUT2D eigenvalue weighted by atomic mass is 16.7. The van der Waals surface area contributed by atoms with Crippen LogP contribution in [0.15, 0.2) is 12.1 Å². The number of nitrogens with two attached hydrogens (primary N) is 1. The Hall–Kier alpha value is -1.46. The summed E-state index contributed by atoms with van der Waals surface area (Å²) in [6.45, 7) is 5.21. The lowest BCUT2D eigenvalue weighted by Gasteiger charge is -2.34. The van der Waals surface area contributed by atoms with E-state index in [1.54, 1.807) is 7.11 Å². The molecule has 0 aliphatic carbocycles. The zero-order chi connectivity index (χ0) is 15.4. The summed E-state index contributed by atoms with van der Waals surface area (Å²) in [5.74, 6) is 2.12. The van der Waals surface area contributed by atoms with Crippen LogP contribution in [0.25, 0.3) is 0 Å². The molecule has 0 saturated carbocycles. The van der Waals surface area contributed by atoms with Gasteiger partial charge < -0.3 is 19.9 Å². The van der Waals surface area contributed by atoms with Crippen LogP contribution in [-0.2, 0) is 0 Å². The first-order valence-electron chi connectivity index (χ1n) is 7.55. The average Bonchev–Trinajstić information content (AvgIpc) is 2.97. The molecule has 0 radical (unpaired) electrons. The summed E-state index contributed by atoms with van der Waals surface area (Å²) in [5, 5.41) is 0. The van der Waals surface area contributed by atoms with E-state index in [-0.39, 0.29) is 12.8 Å². The van der Waals surface area contributed by atoms with Crippen LogP contribution in [0.5, 0.6) is 17.2 Å². The summed E-state index contributed by atoms with van der Waals surface area (Å²) in [6, 6.07) is 4.67. The molecule has 1 aliphatic rings. The van der Waals surface area contributed by atoms with E-state index in [0.717, 1.165) is 24.2 Å². The summed E-state index contributed by atoms with van der Waals surface area (Å²) < 4.78 is 16.4. The largest absolute Gasteiger partial charge is 0.493 e. The summed E-state index contributed by atoms with van der Waals surface area (Å²) in [5.41, 5.74) is 7.14. The van der Waals surface area contributed by atoms with Gasteiger partial charge in [-0.15, -0.1) is 0 Å². The topological polar surface area (TPSA) is 57.0 Å². The molecule has 1 aromatic carbocycles. The first-order valence-corrected chi connectivity index (χ1v) is 7.55. The minimum Gasteiger partial charge on any atom is -0.493 e. The minimum atomic E-state index is 0.137. The van der Waals surface area contributed by atoms with Crippen LogP contribution in [0.1, 0.15) is 38.3 Å². The SMILES string of the molecule is CCC(CC)N(C)C(CN)c1cc(OC)c2c(c1)OCO2. The molecule has 0 saturated heterocycles. The van der Waals surface area contributed by atoms with Crippen molar-refractivity contribution < 1.29 is 14.2 Å². The van der Waals surface area contributed by atoms with E-state index in [1.165, 1.54) is 0 Å². The third-order valence-electron chi connectivity index (χ3n) is 4.30. The summed E-state index contributed by atoms with van der Waals surface area (Å²) >= 11 is 0. The first-order chi connectivity index (χ1) is 10.2. The molecule has 2 N–H and O–H groups in total. The Balaban J connectivity index is 2.34. The molecule has 0 aromatic heterocycles. The second-order valence-electron chi connectivity index (χ2n) is 5.34. The molecule has 0 fully saturated rings. The molecular weight excluding hydrogens is 268 g/mol. The molecule has 5 nitrogen and oxygen atoms in total. The molecule has 1 atom stereocenters. The molecule has 1 aliphatic heterocycles. The molecule has 21 heavy (non-hydrogen) atoms. The number of likely N-dealkylation sites (N-methyl/N-ethyl adjacent to an activating group) is 1. The van der Waals surface area contributed by atoms with Gasteiger partial charge in [0.2, 0.25) is 12.5 Å². The Morgan fingerprint density at radius 1 is 1.29 bits per heavy atom. The fraction of sp³-hybridized carbons (Fsp3) is 0.625. The molecular formula is C16H26N2O3. The number of fused-ring (bicyclic) bond motifs is 1. The predicted molar refractivity (Wildman–Crippen MR) is 83.0 cm³/mol. The minimum absolute atomic E-state index is 0.137. The van der Waals surface area contributed by atoms with Crippen LogP contribution in [-0.4, -0.2) is 38.4 Å². The maximum Gasteiger partial charge on any atom is 0.231 e. The van der Waals surface area contributed by atoms with Crippen molar-refractivity contribution in [3.8, 4) is 17.2 Å². The van der Waals surface area contributed by atoms with Crippen molar-refractivity contribution in [1.29, 1.82) is 0 Å². The third kappa shape index (κ3) is 3.09. The number of hydrogen-bond acceptors (Lipinski definition) is 5. The Labute approximate surface area is 127 Å². The highest BCUT2D eigenvalue weighted by molar-refractivity contribution is 5.55. The smallest absolute Gasteiger partial charge is 0.231 e. The molecule has 1 unspecified atom stereocenters. The Kier molecular flexibility index (Phi) is 5.31. The lowest BCUT2D eigenvalue weighted by molar-refractivity contribution is 0.166. The van der Waals surface area contributed by atoms with Gasteiger partial charge in [-0.1, -0.05) is 13.8 Å². The van der Waals surface area contributed by atoms with Gasteiger partial charge in [-0.2, -0.15) is 0 Å². The van der Waals surface area contributed by atoms with Crippen LogP contribution in [0.3, 0.4) is 0 Å². The van der Waals surface area contributed by atoms with Gasteiger partial charge in [0.1, 0.15) is 0 Å². The van der Waals surface area contributed by atoms with Crippen LogP contribution in [0.2, 0.25) is 0 Å². The van der Waals surface area contributed by atoms with Crippen LogP contribution in [0.4, 0.5) is 0 Å². The molecule has 118 valence electrons. The third-order valence-corrected chi connectivity index (χ3v) is 4.30. The van der Waals surface area contributed by atoms with Crippen molar-refractivity contribution in [2.75, 3.05) is 27.5 Å². The van der Waals surface area contributed by atoms with E-state index >= 15 is 0 Å². The lowest BCUT2D eigenvalue weighted by atomic mass is 10.0. The average molecular weight is 294 g/mol. The lowest BCUT2D eigenvalue weighted by Crippen LogP contribution is -2.38. The molecule has 0 amide bonds. The second-order valence-corrected chi connectivity index (χ2v) is 5.34. The second kappa shape index (κ2) is 7.00. The van der Waals surface area contributed by atoms with Gasteiger partial charge in [-0.05, 0) is 37.6 Å². The van der Waals surface area contributed by atoms with E-state index in [2.05, 4.69) is 25.8 Å². The van der Waals surface area contributed by atoms with Crippen molar-refractivity contribution >= 4 is 0 Å². The quantitative estimate of drug-likeness (QED) is 0.837. The maximum atomic E-state index is 6.04. The van der Waals surface area contributed by atoms with Gasteiger partial charge in [0.05, 0.1) is 7.11 Å². The highest BCUT2D eigenvalue weighted by Crippen LogP contribution is 2.43. The van der Waals surface area contributed by atoms with E-state index in [4.69, 9.17) is 19.9 Å². The summed E-state index contributed by atoms with van der Waals surface area (Å²) in [4.78, 5) is 2.34. The number of nitrogens with zero attached hydrogens (tertiary/aromatic N) is 1. The number of benzene rings is 1. The fourth-order valence-corrected chi connectivity index (χ4v) is 3.00. The summed E-state index contributed by atoms with van der Waals surface area (Å²) in [7, 11) is 3.77. The normalized spacial score (nSPS) is 14.8. The monoisotopic (exact) mass is 294 g/mol. The first kappa shape index (κ1) is 15.9. The molecule has 5 heteroatoms. The van der Waals surface area contributed by atoms with Crippen molar-refractivity contribution in [1.82, 2.24) is 4.90 Å². The molecule has 1 aromatic rings.